The van der Waals surface area contributed by atoms with Crippen molar-refractivity contribution in [3.63, 3.8) is 0 Å². The summed E-state index contributed by atoms with van der Waals surface area (Å²) in [6.07, 6.45) is 6.37. The molecule has 1 atom stereocenters. The van der Waals surface area contributed by atoms with E-state index in [0.717, 1.165) is 6.42 Å². The first-order valence-electron chi connectivity index (χ1n) is 4.20. The van der Waals surface area contributed by atoms with Gasteiger partial charge in [0, 0.05) is 6.08 Å². The van der Waals surface area contributed by atoms with Crippen LogP contribution in [0.4, 0.5) is 0 Å². The number of allylic oxidation sites excluding steroid dienone is 1. The van der Waals surface area contributed by atoms with Crippen LogP contribution in [0.15, 0.2) is 11.6 Å². The molecule has 2 N–H and O–H groups in total. The van der Waals surface area contributed by atoms with Crippen molar-refractivity contribution in [2.75, 3.05) is 0 Å². The molecular weight excluding hydrogens is 138 g/mol. The molecule has 0 radical (unpaired) electrons. The Balaban J connectivity index is 2.60. The van der Waals surface area contributed by atoms with Gasteiger partial charge < -0.3 is 5.73 Å². The Labute approximate surface area is 67.5 Å². The van der Waals surface area contributed by atoms with Crippen molar-refractivity contribution < 1.29 is 4.79 Å². The van der Waals surface area contributed by atoms with Gasteiger partial charge in [-0.2, -0.15) is 0 Å². The van der Waals surface area contributed by atoms with Crippen molar-refractivity contribution in [3.8, 4) is 0 Å². The Morgan fingerprint density at radius 1 is 1.64 bits per heavy atom. The number of primary amides is 1. The summed E-state index contributed by atoms with van der Waals surface area (Å²) in [5.41, 5.74) is 6.31. The smallest absolute Gasteiger partial charge is 0.241 e. The third kappa shape index (κ3) is 2.37. The quantitative estimate of drug-likeness (QED) is 0.571. The molecule has 0 aliphatic heterocycles. The second-order valence-corrected chi connectivity index (χ2v) is 3.27. The highest BCUT2D eigenvalue weighted by atomic mass is 16.1. The second-order valence-electron chi connectivity index (χ2n) is 3.27. The van der Waals surface area contributed by atoms with Crippen molar-refractivity contribution in [3.05, 3.63) is 11.6 Å². The summed E-state index contributed by atoms with van der Waals surface area (Å²) in [6.45, 7) is 2.16. The lowest BCUT2D eigenvalue weighted by molar-refractivity contribution is -0.113. The molecule has 0 aromatic heterocycles. The molecule has 0 aromatic carbocycles. The number of carbonyl (C=O) groups is 1. The van der Waals surface area contributed by atoms with Crippen LogP contribution in [0.25, 0.3) is 0 Å². The van der Waals surface area contributed by atoms with Crippen LogP contribution >= 0.6 is 0 Å². The highest BCUT2D eigenvalue weighted by molar-refractivity contribution is 5.86. The van der Waals surface area contributed by atoms with E-state index in [1.807, 2.05) is 0 Å². The van der Waals surface area contributed by atoms with E-state index in [9.17, 15) is 4.79 Å². The van der Waals surface area contributed by atoms with Gasteiger partial charge in [-0.05, 0) is 25.2 Å². The maximum absolute atomic E-state index is 10.6. The van der Waals surface area contributed by atoms with Crippen LogP contribution in [0, 0.1) is 5.92 Å². The minimum atomic E-state index is -0.297. The van der Waals surface area contributed by atoms with E-state index in [1.54, 1.807) is 6.08 Å². The first kappa shape index (κ1) is 8.31. The zero-order chi connectivity index (χ0) is 8.27. The van der Waals surface area contributed by atoms with E-state index in [4.69, 9.17) is 5.73 Å². The van der Waals surface area contributed by atoms with Crippen molar-refractivity contribution >= 4 is 5.91 Å². The molecule has 0 bridgehead atoms. The maximum Gasteiger partial charge on any atom is 0.241 e. The fourth-order valence-corrected chi connectivity index (χ4v) is 1.61. The van der Waals surface area contributed by atoms with Gasteiger partial charge >= 0.3 is 0 Å². The van der Waals surface area contributed by atoms with Gasteiger partial charge in [-0.15, -0.1) is 0 Å². The number of hydrogen-bond donors (Lipinski definition) is 1. The van der Waals surface area contributed by atoms with E-state index in [-0.39, 0.29) is 5.91 Å². The minimum Gasteiger partial charge on any atom is -0.366 e. The lowest BCUT2D eigenvalue weighted by atomic mass is 9.85. The molecule has 1 unspecified atom stereocenters. The van der Waals surface area contributed by atoms with Crippen molar-refractivity contribution in [1.82, 2.24) is 0 Å². The summed E-state index contributed by atoms with van der Waals surface area (Å²) in [6, 6.07) is 0. The molecule has 0 saturated heterocycles. The predicted octanol–water partition coefficient (Wildman–Crippen LogP) is 1.61. The summed E-state index contributed by atoms with van der Waals surface area (Å²) in [5, 5.41) is 0. The van der Waals surface area contributed by atoms with Gasteiger partial charge in [0.25, 0.3) is 0 Å². The third-order valence-corrected chi connectivity index (χ3v) is 2.31. The average molecular weight is 153 g/mol. The third-order valence-electron chi connectivity index (χ3n) is 2.31. The van der Waals surface area contributed by atoms with Crippen molar-refractivity contribution in [2.24, 2.45) is 11.7 Å². The Kier molecular flexibility index (Phi) is 2.69. The number of amides is 1. The summed E-state index contributed by atoms with van der Waals surface area (Å²) in [4.78, 5) is 10.6. The number of hydrogen-bond acceptors (Lipinski definition) is 1. The fraction of sp³-hybridized carbons (Fsp3) is 0.667. The fourth-order valence-electron chi connectivity index (χ4n) is 1.61. The van der Waals surface area contributed by atoms with Crippen LogP contribution in [0.1, 0.15) is 32.6 Å². The molecule has 1 rings (SSSR count). The number of carbonyl (C=O) groups excluding carboxylic acids is 1. The lowest BCUT2D eigenvalue weighted by Gasteiger charge is -2.20. The van der Waals surface area contributed by atoms with Crippen LogP contribution < -0.4 is 5.73 Å². The first-order chi connectivity index (χ1) is 5.20. The van der Waals surface area contributed by atoms with E-state index < -0.39 is 0 Å². The molecule has 0 heterocycles. The molecule has 62 valence electrons. The lowest BCUT2D eigenvalue weighted by Crippen LogP contribution is -2.12. The van der Waals surface area contributed by atoms with E-state index in [2.05, 4.69) is 6.92 Å². The van der Waals surface area contributed by atoms with Gasteiger partial charge in [-0.1, -0.05) is 18.9 Å². The summed E-state index contributed by atoms with van der Waals surface area (Å²) < 4.78 is 0. The predicted molar refractivity (Wildman–Crippen MR) is 44.9 cm³/mol. The molecular formula is C9H15NO. The number of rotatable bonds is 1. The standard InChI is InChI=1S/C9H15NO/c1-7-4-2-3-5-8(7)6-9(10)11/h6-7H,2-5H2,1H3,(H2,10,11)/b8-6-. The van der Waals surface area contributed by atoms with Gasteiger partial charge in [-0.25, -0.2) is 0 Å². The SMILES string of the molecule is CC1CCCC/C1=C/C(N)=O. The zero-order valence-electron chi connectivity index (χ0n) is 6.97. The summed E-state index contributed by atoms with van der Waals surface area (Å²) >= 11 is 0. The molecule has 2 heteroatoms. The van der Waals surface area contributed by atoms with E-state index >= 15 is 0 Å². The van der Waals surface area contributed by atoms with Crippen LogP contribution in [0.5, 0.6) is 0 Å². The topological polar surface area (TPSA) is 43.1 Å². The Bertz CT molecular complexity index is 184. The molecule has 1 aliphatic rings. The normalized spacial score (nSPS) is 28.8. The van der Waals surface area contributed by atoms with E-state index in [0.29, 0.717) is 5.92 Å². The van der Waals surface area contributed by atoms with E-state index in [1.165, 1.54) is 24.8 Å². The van der Waals surface area contributed by atoms with Gasteiger partial charge in [0.2, 0.25) is 5.91 Å². The molecule has 2 nitrogen and oxygen atoms in total. The molecule has 0 spiro atoms. The van der Waals surface area contributed by atoms with Crippen LogP contribution in [0.2, 0.25) is 0 Å². The molecule has 1 amide bonds. The minimum absolute atomic E-state index is 0.297. The van der Waals surface area contributed by atoms with Crippen molar-refractivity contribution in [2.45, 2.75) is 32.6 Å². The van der Waals surface area contributed by atoms with Gasteiger partial charge in [0.05, 0.1) is 0 Å². The van der Waals surface area contributed by atoms with Gasteiger partial charge in [0.1, 0.15) is 0 Å². The molecule has 1 fully saturated rings. The second kappa shape index (κ2) is 3.56. The van der Waals surface area contributed by atoms with Crippen LogP contribution in [-0.4, -0.2) is 5.91 Å². The molecule has 0 aromatic rings. The Morgan fingerprint density at radius 2 is 2.36 bits per heavy atom. The highest BCUT2D eigenvalue weighted by Crippen LogP contribution is 2.28. The molecule has 1 saturated carbocycles. The molecule has 1 aliphatic carbocycles. The van der Waals surface area contributed by atoms with Gasteiger partial charge in [-0.3, -0.25) is 4.79 Å². The first-order valence-corrected chi connectivity index (χ1v) is 4.20. The average Bonchev–Trinajstić information content (AvgIpc) is 1.93. The van der Waals surface area contributed by atoms with Crippen LogP contribution in [0.3, 0.4) is 0 Å². The Morgan fingerprint density at radius 3 is 2.91 bits per heavy atom. The largest absolute Gasteiger partial charge is 0.366 e. The summed E-state index contributed by atoms with van der Waals surface area (Å²) in [5.74, 6) is 0.269. The molecule has 11 heavy (non-hydrogen) atoms. The zero-order valence-corrected chi connectivity index (χ0v) is 6.97. The van der Waals surface area contributed by atoms with Gasteiger partial charge in [0.15, 0.2) is 0 Å². The highest BCUT2D eigenvalue weighted by Gasteiger charge is 2.14. The summed E-state index contributed by atoms with van der Waals surface area (Å²) in [7, 11) is 0. The maximum atomic E-state index is 10.6. The van der Waals surface area contributed by atoms with Crippen LogP contribution in [-0.2, 0) is 4.79 Å². The Hall–Kier alpha value is -0.790. The van der Waals surface area contributed by atoms with Crippen molar-refractivity contribution in [1.29, 1.82) is 0 Å². The monoisotopic (exact) mass is 153 g/mol. The number of nitrogens with two attached hydrogens (primary N) is 1.